The molecule has 1 aromatic carbocycles. The van der Waals surface area contributed by atoms with Crippen LogP contribution < -0.4 is 4.74 Å². The number of benzene rings is 1. The summed E-state index contributed by atoms with van der Waals surface area (Å²) in [6, 6.07) is 8.41. The number of ether oxygens (including phenoxy) is 1. The number of piperazine rings is 1. The van der Waals surface area contributed by atoms with Gasteiger partial charge in [0.05, 0.1) is 24.2 Å². The maximum atomic E-state index is 8.68. The zero-order valence-electron chi connectivity index (χ0n) is 11.1. The Morgan fingerprint density at radius 2 is 1.95 bits per heavy atom. The Morgan fingerprint density at radius 1 is 1.26 bits per heavy atom. The van der Waals surface area contributed by atoms with Crippen molar-refractivity contribution >= 4 is 15.9 Å². The van der Waals surface area contributed by atoms with Gasteiger partial charge in [0.25, 0.3) is 0 Å². The summed E-state index contributed by atoms with van der Waals surface area (Å²) in [5.41, 5.74) is 1.28. The van der Waals surface area contributed by atoms with Crippen molar-refractivity contribution in [3.63, 3.8) is 0 Å². The van der Waals surface area contributed by atoms with Crippen LogP contribution in [0.25, 0.3) is 0 Å². The highest BCUT2D eigenvalue weighted by Gasteiger charge is 2.16. The van der Waals surface area contributed by atoms with E-state index in [0.717, 1.165) is 42.9 Å². The summed E-state index contributed by atoms with van der Waals surface area (Å²) in [7, 11) is 1.67. The van der Waals surface area contributed by atoms with Gasteiger partial charge in [-0.1, -0.05) is 6.07 Å². The number of hydrogen-bond donors (Lipinski definition) is 0. The zero-order chi connectivity index (χ0) is 13.7. The third-order valence-corrected chi connectivity index (χ3v) is 4.00. The van der Waals surface area contributed by atoms with E-state index in [4.69, 9.17) is 10.00 Å². The topological polar surface area (TPSA) is 39.5 Å². The molecule has 0 saturated carbocycles. The summed E-state index contributed by atoms with van der Waals surface area (Å²) in [5.74, 6) is 0.864. The molecule has 0 unspecified atom stereocenters. The van der Waals surface area contributed by atoms with Gasteiger partial charge in [-0.05, 0) is 33.6 Å². The quantitative estimate of drug-likeness (QED) is 0.795. The second kappa shape index (κ2) is 6.90. The van der Waals surface area contributed by atoms with Crippen LogP contribution in [0.2, 0.25) is 0 Å². The molecule has 0 spiro atoms. The molecule has 0 radical (unpaired) electrons. The van der Waals surface area contributed by atoms with E-state index in [9.17, 15) is 0 Å². The molecule has 0 bridgehead atoms. The van der Waals surface area contributed by atoms with Gasteiger partial charge in [0.2, 0.25) is 0 Å². The van der Waals surface area contributed by atoms with Crippen molar-refractivity contribution in [3.8, 4) is 11.8 Å². The van der Waals surface area contributed by atoms with Gasteiger partial charge in [0.15, 0.2) is 0 Å². The monoisotopic (exact) mass is 323 g/mol. The van der Waals surface area contributed by atoms with E-state index >= 15 is 0 Å². The van der Waals surface area contributed by atoms with E-state index in [1.165, 1.54) is 5.56 Å². The smallest absolute Gasteiger partial charge is 0.133 e. The highest BCUT2D eigenvalue weighted by Crippen LogP contribution is 2.26. The van der Waals surface area contributed by atoms with Crippen molar-refractivity contribution in [3.05, 3.63) is 28.2 Å². The van der Waals surface area contributed by atoms with Crippen molar-refractivity contribution in [2.24, 2.45) is 0 Å². The summed E-state index contributed by atoms with van der Waals surface area (Å²) in [4.78, 5) is 4.61. The van der Waals surface area contributed by atoms with Crippen LogP contribution in [0, 0.1) is 11.3 Å². The van der Waals surface area contributed by atoms with Crippen molar-refractivity contribution in [2.45, 2.75) is 6.54 Å². The van der Waals surface area contributed by atoms with Crippen molar-refractivity contribution < 1.29 is 4.74 Å². The minimum atomic E-state index is 0.544. The van der Waals surface area contributed by atoms with E-state index in [1.54, 1.807) is 7.11 Å². The molecule has 2 rings (SSSR count). The predicted octanol–water partition coefficient (Wildman–Crippen LogP) is 2.10. The normalized spacial score (nSPS) is 17.1. The Balaban J connectivity index is 1.89. The Kier molecular flexibility index (Phi) is 5.20. The number of halogens is 1. The third-order valence-electron chi connectivity index (χ3n) is 3.38. The Labute approximate surface area is 122 Å². The van der Waals surface area contributed by atoms with Gasteiger partial charge in [-0.15, -0.1) is 0 Å². The molecule has 102 valence electrons. The largest absolute Gasteiger partial charge is 0.496 e. The van der Waals surface area contributed by atoms with Gasteiger partial charge in [-0.25, -0.2) is 0 Å². The number of methoxy groups -OCH3 is 1. The van der Waals surface area contributed by atoms with Crippen LogP contribution in [-0.4, -0.2) is 49.6 Å². The number of nitrogens with zero attached hydrogens (tertiary/aromatic N) is 3. The van der Waals surface area contributed by atoms with Gasteiger partial charge >= 0.3 is 0 Å². The summed E-state index contributed by atoms with van der Waals surface area (Å²) < 4.78 is 6.23. The molecule has 1 aliphatic heterocycles. The van der Waals surface area contributed by atoms with E-state index in [2.05, 4.69) is 43.9 Å². The van der Waals surface area contributed by atoms with Gasteiger partial charge in [0, 0.05) is 32.7 Å². The molecule has 0 N–H and O–H groups in total. The van der Waals surface area contributed by atoms with E-state index < -0.39 is 0 Å². The molecule has 0 amide bonds. The van der Waals surface area contributed by atoms with Gasteiger partial charge in [-0.3, -0.25) is 9.80 Å². The van der Waals surface area contributed by atoms with Crippen LogP contribution in [-0.2, 0) is 6.54 Å². The molecule has 19 heavy (non-hydrogen) atoms. The average molecular weight is 324 g/mol. The fourth-order valence-electron chi connectivity index (χ4n) is 2.27. The zero-order valence-corrected chi connectivity index (χ0v) is 12.7. The molecule has 1 saturated heterocycles. The third kappa shape index (κ3) is 3.93. The van der Waals surface area contributed by atoms with Crippen LogP contribution in [0.4, 0.5) is 0 Å². The first-order valence-electron chi connectivity index (χ1n) is 6.37. The predicted molar refractivity (Wildman–Crippen MR) is 78.0 cm³/mol. The first-order valence-corrected chi connectivity index (χ1v) is 7.16. The number of nitriles is 1. The van der Waals surface area contributed by atoms with Crippen LogP contribution >= 0.6 is 15.9 Å². The van der Waals surface area contributed by atoms with Crippen molar-refractivity contribution in [2.75, 3.05) is 39.8 Å². The van der Waals surface area contributed by atoms with Gasteiger partial charge in [0.1, 0.15) is 5.75 Å². The second-order valence-corrected chi connectivity index (χ2v) is 5.53. The maximum absolute atomic E-state index is 8.68. The Morgan fingerprint density at radius 3 is 2.53 bits per heavy atom. The average Bonchev–Trinajstić information content (AvgIpc) is 2.42. The Bertz CT molecular complexity index is 464. The number of rotatable bonds is 4. The summed E-state index contributed by atoms with van der Waals surface area (Å²) in [6.45, 7) is 5.48. The lowest BCUT2D eigenvalue weighted by molar-refractivity contribution is 0.138. The molecular weight excluding hydrogens is 306 g/mol. The number of hydrogen-bond acceptors (Lipinski definition) is 4. The van der Waals surface area contributed by atoms with Crippen LogP contribution in [0.5, 0.6) is 5.75 Å². The van der Waals surface area contributed by atoms with Crippen molar-refractivity contribution in [1.82, 2.24) is 9.80 Å². The summed E-state index contributed by atoms with van der Waals surface area (Å²) in [6.07, 6.45) is 0. The van der Waals surface area contributed by atoms with Crippen LogP contribution in [0.15, 0.2) is 22.7 Å². The van der Waals surface area contributed by atoms with Gasteiger partial charge in [-0.2, -0.15) is 5.26 Å². The highest BCUT2D eigenvalue weighted by atomic mass is 79.9. The molecule has 0 aromatic heterocycles. The van der Waals surface area contributed by atoms with Crippen molar-refractivity contribution in [1.29, 1.82) is 5.26 Å². The molecule has 5 heteroatoms. The van der Waals surface area contributed by atoms with E-state index in [-0.39, 0.29) is 0 Å². The minimum absolute atomic E-state index is 0.544. The molecule has 1 heterocycles. The highest BCUT2D eigenvalue weighted by molar-refractivity contribution is 9.10. The first kappa shape index (κ1) is 14.3. The lowest BCUT2D eigenvalue weighted by Crippen LogP contribution is -2.45. The molecule has 0 atom stereocenters. The summed E-state index contributed by atoms with van der Waals surface area (Å²) >= 11 is 3.51. The lowest BCUT2D eigenvalue weighted by atomic mass is 10.2. The fourth-order valence-corrected chi connectivity index (χ4v) is 2.86. The molecular formula is C14H18BrN3O. The first-order chi connectivity index (χ1) is 9.22. The lowest BCUT2D eigenvalue weighted by Gasteiger charge is -2.33. The standard InChI is InChI=1S/C14H18BrN3O/c1-19-14-3-2-12(10-13(14)15)11-18-8-6-17(5-4-16)7-9-18/h2-3,10H,5-9,11H2,1H3. The summed E-state index contributed by atoms with van der Waals surface area (Å²) in [5, 5.41) is 8.68. The fraction of sp³-hybridized carbons (Fsp3) is 0.500. The minimum Gasteiger partial charge on any atom is -0.496 e. The molecule has 1 aliphatic rings. The van der Waals surface area contributed by atoms with E-state index in [0.29, 0.717) is 6.54 Å². The molecule has 0 aliphatic carbocycles. The second-order valence-electron chi connectivity index (χ2n) is 4.68. The Hall–Kier alpha value is -1.09. The SMILES string of the molecule is COc1ccc(CN2CCN(CC#N)CC2)cc1Br. The maximum Gasteiger partial charge on any atom is 0.133 e. The van der Waals surface area contributed by atoms with Gasteiger partial charge < -0.3 is 4.74 Å². The van der Waals surface area contributed by atoms with Crippen LogP contribution in [0.1, 0.15) is 5.56 Å². The molecule has 4 nitrogen and oxygen atoms in total. The molecule has 1 aromatic rings. The van der Waals surface area contributed by atoms with E-state index in [1.807, 2.05) is 6.07 Å². The molecule has 1 fully saturated rings. The van der Waals surface area contributed by atoms with Crippen LogP contribution in [0.3, 0.4) is 0 Å².